The lowest BCUT2D eigenvalue weighted by Gasteiger charge is -2.36. The largest absolute Gasteiger partial charge is 0.414 e. The highest BCUT2D eigenvalue weighted by atomic mass is 127. The Morgan fingerprint density at radius 1 is 1.38 bits per heavy atom. The van der Waals surface area contributed by atoms with E-state index in [2.05, 4.69) is 56.5 Å². The Kier molecular flexibility index (Phi) is 5.43. The summed E-state index contributed by atoms with van der Waals surface area (Å²) in [6.45, 7) is 11.5. The van der Waals surface area contributed by atoms with Crippen LogP contribution >= 0.6 is 22.6 Å². The minimum atomic E-state index is -1.65. The zero-order chi connectivity index (χ0) is 10.7. The molecule has 0 amide bonds. The van der Waals surface area contributed by atoms with E-state index in [4.69, 9.17) is 4.43 Å². The van der Waals surface area contributed by atoms with Crippen molar-refractivity contribution in [2.75, 3.05) is 11.0 Å². The number of alkyl halides is 1. The van der Waals surface area contributed by atoms with E-state index in [1.165, 1.54) is 0 Å². The smallest absolute Gasteiger partial charge is 0.192 e. The van der Waals surface area contributed by atoms with E-state index in [0.29, 0.717) is 6.61 Å². The minimum absolute atomic E-state index is 0.234. The first-order valence-corrected chi connectivity index (χ1v) is 9.02. The van der Waals surface area contributed by atoms with Crippen LogP contribution in [0.15, 0.2) is 0 Å². The third-order valence-corrected chi connectivity index (χ3v) is 8.14. The average Bonchev–Trinajstić information content (AvgIpc) is 1.98. The number of aliphatic hydroxyl groups is 1. The van der Waals surface area contributed by atoms with Gasteiger partial charge in [-0.2, -0.15) is 0 Å². The Hall–Kier alpha value is 0.867. The van der Waals surface area contributed by atoms with Crippen LogP contribution in [0.5, 0.6) is 0 Å². The molecule has 0 heterocycles. The first-order chi connectivity index (χ1) is 5.70. The lowest BCUT2D eigenvalue weighted by molar-refractivity contribution is 0.120. The van der Waals surface area contributed by atoms with Gasteiger partial charge in [0.05, 0.1) is 12.7 Å². The van der Waals surface area contributed by atoms with Crippen molar-refractivity contribution in [3.05, 3.63) is 0 Å². The Bertz CT molecular complexity index is 154. The second kappa shape index (κ2) is 5.09. The molecule has 1 N–H and O–H groups in total. The van der Waals surface area contributed by atoms with Gasteiger partial charge in [-0.05, 0) is 18.1 Å². The molecule has 0 radical (unpaired) electrons. The van der Waals surface area contributed by atoms with Crippen molar-refractivity contribution < 1.29 is 9.53 Å². The van der Waals surface area contributed by atoms with Crippen molar-refractivity contribution in [2.24, 2.45) is 0 Å². The molecule has 0 aliphatic heterocycles. The summed E-state index contributed by atoms with van der Waals surface area (Å²) in [7, 11) is -1.65. The summed E-state index contributed by atoms with van der Waals surface area (Å²) >= 11 is 2.17. The quantitative estimate of drug-likeness (QED) is 0.491. The maximum Gasteiger partial charge on any atom is 0.192 e. The molecule has 0 fully saturated rings. The summed E-state index contributed by atoms with van der Waals surface area (Å²) in [6, 6.07) is 0. The summed E-state index contributed by atoms with van der Waals surface area (Å²) in [5.74, 6) is 0. The fourth-order valence-electron chi connectivity index (χ4n) is 0.566. The molecule has 13 heavy (non-hydrogen) atoms. The van der Waals surface area contributed by atoms with E-state index in [0.717, 1.165) is 4.43 Å². The highest BCUT2D eigenvalue weighted by molar-refractivity contribution is 14.1. The van der Waals surface area contributed by atoms with Crippen molar-refractivity contribution in [3.63, 3.8) is 0 Å². The first-order valence-electron chi connectivity index (χ1n) is 4.58. The fraction of sp³-hybridized carbons (Fsp3) is 1.00. The topological polar surface area (TPSA) is 29.5 Å². The van der Waals surface area contributed by atoms with Crippen LogP contribution in [0.25, 0.3) is 0 Å². The summed E-state index contributed by atoms with van der Waals surface area (Å²) in [5.41, 5.74) is 0. The Labute approximate surface area is 96.3 Å². The number of hydrogen-bond acceptors (Lipinski definition) is 2. The van der Waals surface area contributed by atoms with E-state index in [-0.39, 0.29) is 11.1 Å². The lowest BCUT2D eigenvalue weighted by Crippen LogP contribution is -2.42. The van der Waals surface area contributed by atoms with Gasteiger partial charge < -0.3 is 9.53 Å². The van der Waals surface area contributed by atoms with Crippen molar-refractivity contribution in [1.82, 2.24) is 0 Å². The Balaban J connectivity index is 4.04. The molecule has 0 aromatic carbocycles. The standard InChI is InChI=1S/C9H21IO2Si/c1-9(2,3)13(4,5)12-7-8(11)6-10/h8,11H,6-7H2,1-5H3/t8-/m1/s1. The van der Waals surface area contributed by atoms with E-state index in [1.807, 2.05) is 0 Å². The first kappa shape index (κ1) is 13.9. The van der Waals surface area contributed by atoms with Gasteiger partial charge in [0.15, 0.2) is 8.32 Å². The van der Waals surface area contributed by atoms with Crippen molar-refractivity contribution in [2.45, 2.75) is 45.0 Å². The SMILES string of the molecule is CC(C)(C)[Si](C)(C)OC[C@H](O)CI. The molecule has 0 aliphatic carbocycles. The highest BCUT2D eigenvalue weighted by Crippen LogP contribution is 2.36. The molecule has 80 valence electrons. The highest BCUT2D eigenvalue weighted by Gasteiger charge is 2.37. The monoisotopic (exact) mass is 316 g/mol. The molecule has 0 rings (SSSR count). The molecule has 0 saturated heterocycles. The predicted octanol–water partition coefficient (Wildman–Crippen LogP) is 2.80. The number of rotatable bonds is 4. The lowest BCUT2D eigenvalue weighted by atomic mass is 10.2. The molecular formula is C9H21IO2Si. The van der Waals surface area contributed by atoms with Crippen molar-refractivity contribution in [1.29, 1.82) is 0 Å². The van der Waals surface area contributed by atoms with Crippen LogP contribution in [0.3, 0.4) is 0 Å². The molecule has 0 bridgehead atoms. The molecule has 0 aromatic rings. The number of hydrogen-bond donors (Lipinski definition) is 1. The minimum Gasteiger partial charge on any atom is -0.414 e. The fourth-order valence-corrected chi connectivity index (χ4v) is 1.86. The summed E-state index contributed by atoms with van der Waals surface area (Å²) in [4.78, 5) is 0. The molecule has 0 unspecified atom stereocenters. The van der Waals surface area contributed by atoms with E-state index < -0.39 is 8.32 Å². The third kappa shape index (κ3) is 4.76. The van der Waals surface area contributed by atoms with Gasteiger partial charge in [-0.1, -0.05) is 43.4 Å². The number of halogens is 1. The van der Waals surface area contributed by atoms with Gasteiger partial charge in [-0.3, -0.25) is 0 Å². The van der Waals surface area contributed by atoms with Gasteiger partial charge in [0, 0.05) is 4.43 Å². The van der Waals surface area contributed by atoms with Crippen LogP contribution in [-0.2, 0) is 4.43 Å². The third-order valence-electron chi connectivity index (χ3n) is 2.62. The van der Waals surface area contributed by atoms with Crippen molar-refractivity contribution >= 4 is 30.9 Å². The summed E-state index contributed by atoms with van der Waals surface area (Å²) in [5, 5.41) is 9.61. The summed E-state index contributed by atoms with van der Waals surface area (Å²) < 4.78 is 6.57. The van der Waals surface area contributed by atoms with Gasteiger partial charge in [-0.15, -0.1) is 0 Å². The molecule has 0 saturated carbocycles. The van der Waals surface area contributed by atoms with Gasteiger partial charge in [-0.25, -0.2) is 0 Å². The van der Waals surface area contributed by atoms with Crippen LogP contribution in [0.2, 0.25) is 18.1 Å². The molecule has 0 aliphatic rings. The predicted molar refractivity (Wildman–Crippen MR) is 68.0 cm³/mol. The molecule has 1 atom stereocenters. The maximum atomic E-state index is 9.38. The van der Waals surface area contributed by atoms with Gasteiger partial charge in [0.1, 0.15) is 0 Å². The zero-order valence-corrected chi connectivity index (χ0v) is 12.4. The maximum absolute atomic E-state index is 9.38. The summed E-state index contributed by atoms with van der Waals surface area (Å²) in [6.07, 6.45) is -0.310. The van der Waals surface area contributed by atoms with Gasteiger partial charge in [0.2, 0.25) is 0 Å². The molecule has 0 spiro atoms. The number of aliphatic hydroxyl groups excluding tert-OH is 1. The second-order valence-electron chi connectivity index (χ2n) is 4.88. The molecular weight excluding hydrogens is 295 g/mol. The van der Waals surface area contributed by atoms with Crippen LogP contribution in [0.1, 0.15) is 20.8 Å². The van der Waals surface area contributed by atoms with Crippen LogP contribution in [-0.4, -0.2) is 30.6 Å². The van der Waals surface area contributed by atoms with Gasteiger partial charge >= 0.3 is 0 Å². The average molecular weight is 316 g/mol. The van der Waals surface area contributed by atoms with E-state index in [1.54, 1.807) is 0 Å². The second-order valence-corrected chi connectivity index (χ2v) is 10.6. The van der Waals surface area contributed by atoms with E-state index >= 15 is 0 Å². The molecule has 0 aromatic heterocycles. The van der Waals surface area contributed by atoms with Crippen molar-refractivity contribution in [3.8, 4) is 0 Å². The zero-order valence-electron chi connectivity index (χ0n) is 9.22. The van der Waals surface area contributed by atoms with Crippen LogP contribution in [0.4, 0.5) is 0 Å². The Morgan fingerprint density at radius 3 is 2.15 bits per heavy atom. The Morgan fingerprint density at radius 2 is 1.85 bits per heavy atom. The molecule has 4 heteroatoms. The molecule has 2 nitrogen and oxygen atoms in total. The normalized spacial score (nSPS) is 15.9. The van der Waals surface area contributed by atoms with Crippen LogP contribution < -0.4 is 0 Å². The van der Waals surface area contributed by atoms with E-state index in [9.17, 15) is 5.11 Å². The van der Waals surface area contributed by atoms with Gasteiger partial charge in [0.25, 0.3) is 0 Å². The van der Waals surface area contributed by atoms with Crippen LogP contribution in [0, 0.1) is 0 Å².